The van der Waals surface area contributed by atoms with E-state index >= 15 is 0 Å². The maximum Gasteiger partial charge on any atom is 0.179 e. The van der Waals surface area contributed by atoms with Crippen molar-refractivity contribution in [2.45, 2.75) is 44.2 Å². The summed E-state index contributed by atoms with van der Waals surface area (Å²) in [5.74, 6) is 2.69. The minimum Gasteiger partial charge on any atom is -0.466 e. The fourth-order valence-electron chi connectivity index (χ4n) is 4.88. The summed E-state index contributed by atoms with van der Waals surface area (Å²) in [4.78, 5) is 13.8. The first-order chi connectivity index (χ1) is 14.3. The Morgan fingerprint density at radius 1 is 1.24 bits per heavy atom. The normalized spacial score (nSPS) is 27.0. The third kappa shape index (κ3) is 2.59. The molecule has 1 aliphatic heterocycles. The van der Waals surface area contributed by atoms with Crippen LogP contribution in [0, 0.1) is 5.92 Å². The molecule has 148 valence electrons. The monoisotopic (exact) mass is 390 g/mol. The number of nitrogens with zero attached hydrogens (tertiary/aromatic N) is 5. The average Bonchev–Trinajstić information content (AvgIpc) is 3.55. The van der Waals surface area contributed by atoms with E-state index in [1.165, 1.54) is 0 Å². The zero-order valence-electron chi connectivity index (χ0n) is 16.1. The Balaban J connectivity index is 1.30. The van der Waals surface area contributed by atoms with Gasteiger partial charge in [-0.05, 0) is 43.0 Å². The maximum absolute atomic E-state index is 6.16. The lowest BCUT2D eigenvalue weighted by molar-refractivity contribution is -0.161. The molecule has 1 fully saturated rings. The van der Waals surface area contributed by atoms with Gasteiger partial charge >= 0.3 is 0 Å². The average molecular weight is 390 g/mol. The van der Waals surface area contributed by atoms with Gasteiger partial charge in [0.05, 0.1) is 24.0 Å². The van der Waals surface area contributed by atoms with Crippen molar-refractivity contribution in [3.8, 4) is 0 Å². The molecule has 0 amide bonds. The highest BCUT2D eigenvalue weighted by Crippen LogP contribution is 2.45. The first-order valence-corrected chi connectivity index (χ1v) is 10.2. The van der Waals surface area contributed by atoms with Gasteiger partial charge in [-0.15, -0.1) is 10.2 Å². The molecule has 8 nitrogen and oxygen atoms in total. The predicted molar refractivity (Wildman–Crippen MR) is 106 cm³/mol. The zero-order chi connectivity index (χ0) is 19.4. The molecule has 0 radical (unpaired) electrons. The molecule has 0 aromatic carbocycles. The Kier molecular flexibility index (Phi) is 3.73. The van der Waals surface area contributed by atoms with Crippen LogP contribution in [0.2, 0.25) is 0 Å². The summed E-state index contributed by atoms with van der Waals surface area (Å²) in [6.07, 6.45) is 12.4. The quantitative estimate of drug-likeness (QED) is 0.567. The van der Waals surface area contributed by atoms with E-state index in [0.717, 1.165) is 47.7 Å². The fraction of sp³-hybridized carbons (Fsp3) is 0.381. The second kappa shape index (κ2) is 6.45. The Labute approximate surface area is 167 Å². The van der Waals surface area contributed by atoms with Crippen molar-refractivity contribution in [3.05, 3.63) is 60.7 Å². The summed E-state index contributed by atoms with van der Waals surface area (Å²) in [5, 5.41) is 11.0. The van der Waals surface area contributed by atoms with Gasteiger partial charge < -0.3 is 9.40 Å². The Hall–Kier alpha value is -3.13. The topological polar surface area (TPSA) is 84.5 Å². The van der Waals surface area contributed by atoms with Crippen molar-refractivity contribution in [3.63, 3.8) is 0 Å². The molecular weight excluding hydrogens is 368 g/mol. The van der Waals surface area contributed by atoms with E-state index in [1.807, 2.05) is 35.7 Å². The van der Waals surface area contributed by atoms with E-state index in [0.29, 0.717) is 17.9 Å². The molecule has 0 bridgehead atoms. The van der Waals surface area contributed by atoms with Crippen LogP contribution in [-0.2, 0) is 4.84 Å². The second-order valence-corrected chi connectivity index (χ2v) is 7.86. The van der Waals surface area contributed by atoms with Crippen molar-refractivity contribution in [1.29, 1.82) is 0 Å². The molecule has 4 aromatic rings. The molecule has 29 heavy (non-hydrogen) atoms. The Bertz CT molecular complexity index is 1180. The highest BCUT2D eigenvalue weighted by Gasteiger charge is 2.41. The van der Waals surface area contributed by atoms with Crippen molar-refractivity contribution >= 4 is 16.8 Å². The smallest absolute Gasteiger partial charge is 0.179 e. The summed E-state index contributed by atoms with van der Waals surface area (Å²) in [7, 11) is 0. The maximum atomic E-state index is 6.16. The first kappa shape index (κ1) is 16.8. The molecule has 1 unspecified atom stereocenters. The number of H-pyrrole nitrogens is 1. The summed E-state index contributed by atoms with van der Waals surface area (Å²) >= 11 is 0. The van der Waals surface area contributed by atoms with Crippen LogP contribution in [0.15, 0.2) is 53.5 Å². The number of aromatic nitrogens is 5. The molecule has 4 aromatic heterocycles. The zero-order valence-corrected chi connectivity index (χ0v) is 16.1. The van der Waals surface area contributed by atoms with Crippen LogP contribution in [0.4, 0.5) is 0 Å². The molecule has 1 N–H and O–H groups in total. The number of hydrogen-bond donors (Lipinski definition) is 1. The highest BCUT2D eigenvalue weighted by molar-refractivity contribution is 5.74. The summed E-state index contributed by atoms with van der Waals surface area (Å²) in [5.41, 5.74) is 2.67. The van der Waals surface area contributed by atoms with Crippen LogP contribution < -0.4 is 0 Å². The molecule has 4 atom stereocenters. The lowest BCUT2D eigenvalue weighted by atomic mass is 9.93. The van der Waals surface area contributed by atoms with Crippen LogP contribution in [-0.4, -0.2) is 35.7 Å². The first-order valence-electron chi connectivity index (χ1n) is 10.2. The molecular formula is C21H22N6O2. The molecule has 1 saturated carbocycles. The Morgan fingerprint density at radius 3 is 3.07 bits per heavy atom. The SMILES string of the molecule is CC[C@@H]1C[C@H](N2C=CC(c3ccco3)O2)C[C@@H]1c1nnc2cnc3[nH]ccc3n12. The number of nitrogens with one attached hydrogen (secondary N) is 1. The van der Waals surface area contributed by atoms with Crippen molar-refractivity contribution in [2.75, 3.05) is 0 Å². The van der Waals surface area contributed by atoms with E-state index < -0.39 is 0 Å². The van der Waals surface area contributed by atoms with Gasteiger partial charge in [0.2, 0.25) is 0 Å². The number of hydroxylamine groups is 2. The third-order valence-electron chi connectivity index (χ3n) is 6.32. The lowest BCUT2D eigenvalue weighted by Crippen LogP contribution is -2.26. The van der Waals surface area contributed by atoms with Crippen LogP contribution in [0.1, 0.15) is 49.8 Å². The highest BCUT2D eigenvalue weighted by atomic mass is 16.7. The number of rotatable bonds is 4. The predicted octanol–water partition coefficient (Wildman–Crippen LogP) is 3.97. The van der Waals surface area contributed by atoms with Crippen LogP contribution in [0.3, 0.4) is 0 Å². The number of fused-ring (bicyclic) bond motifs is 3. The molecule has 0 saturated heterocycles. The van der Waals surface area contributed by atoms with E-state index in [1.54, 1.807) is 12.5 Å². The molecule has 8 heteroatoms. The largest absolute Gasteiger partial charge is 0.466 e. The van der Waals surface area contributed by atoms with Gasteiger partial charge in [-0.25, -0.2) is 4.98 Å². The van der Waals surface area contributed by atoms with E-state index in [4.69, 9.17) is 9.25 Å². The van der Waals surface area contributed by atoms with Gasteiger partial charge in [0.1, 0.15) is 11.6 Å². The molecule has 0 spiro atoms. The van der Waals surface area contributed by atoms with Gasteiger partial charge in [-0.1, -0.05) is 13.3 Å². The summed E-state index contributed by atoms with van der Waals surface area (Å²) in [6.45, 7) is 2.25. The molecule has 2 aliphatic rings. The standard InChI is InChI=1S/C21H22N6O2/c1-2-13-10-14(26-8-6-18(29-26)17-4-3-9-28-17)11-15(13)21-25-24-19-12-23-20-16(27(19)21)5-7-22-20/h3-9,12-15,18,22H,2,10-11H2,1H3/t13-,14+,15+,18?/m1/s1. The number of aromatic amines is 1. The van der Waals surface area contributed by atoms with Gasteiger partial charge in [0, 0.05) is 18.3 Å². The Morgan fingerprint density at radius 2 is 2.21 bits per heavy atom. The van der Waals surface area contributed by atoms with Gasteiger partial charge in [-0.3, -0.25) is 14.3 Å². The van der Waals surface area contributed by atoms with Gasteiger partial charge in [0.25, 0.3) is 0 Å². The second-order valence-electron chi connectivity index (χ2n) is 7.86. The van der Waals surface area contributed by atoms with Crippen molar-refractivity contribution in [1.82, 2.24) is 29.6 Å². The van der Waals surface area contributed by atoms with Crippen LogP contribution >= 0.6 is 0 Å². The van der Waals surface area contributed by atoms with Crippen LogP contribution in [0.25, 0.3) is 16.8 Å². The molecule has 1 aliphatic carbocycles. The van der Waals surface area contributed by atoms with Gasteiger partial charge in [0.15, 0.2) is 17.4 Å². The molecule has 5 heterocycles. The molecule has 6 rings (SSSR count). The minimum atomic E-state index is -0.149. The van der Waals surface area contributed by atoms with Crippen LogP contribution in [0.5, 0.6) is 0 Å². The summed E-state index contributed by atoms with van der Waals surface area (Å²) < 4.78 is 7.65. The van der Waals surface area contributed by atoms with Gasteiger partial charge in [-0.2, -0.15) is 0 Å². The number of hydrogen-bond acceptors (Lipinski definition) is 6. The third-order valence-corrected chi connectivity index (χ3v) is 6.32. The fourth-order valence-corrected chi connectivity index (χ4v) is 4.88. The van der Waals surface area contributed by atoms with E-state index in [-0.39, 0.29) is 6.10 Å². The van der Waals surface area contributed by atoms with E-state index in [9.17, 15) is 0 Å². The number of furan rings is 1. The lowest BCUT2D eigenvalue weighted by Gasteiger charge is -2.24. The minimum absolute atomic E-state index is 0.149. The van der Waals surface area contributed by atoms with E-state index in [2.05, 4.69) is 37.6 Å². The summed E-state index contributed by atoms with van der Waals surface area (Å²) in [6, 6.07) is 6.18. The van der Waals surface area contributed by atoms with Crippen molar-refractivity contribution < 1.29 is 9.25 Å². The van der Waals surface area contributed by atoms with Crippen molar-refractivity contribution in [2.24, 2.45) is 5.92 Å².